The van der Waals surface area contributed by atoms with Crippen molar-refractivity contribution in [1.82, 2.24) is 25.1 Å². The Hall–Kier alpha value is -2.44. The van der Waals surface area contributed by atoms with Crippen LogP contribution in [0.25, 0.3) is 5.70 Å². The topological polar surface area (TPSA) is 134 Å². The first-order valence-corrected chi connectivity index (χ1v) is 10.5. The van der Waals surface area contributed by atoms with Crippen LogP contribution in [0, 0.1) is 0 Å². The third kappa shape index (κ3) is 3.88. The van der Waals surface area contributed by atoms with Gasteiger partial charge >= 0.3 is 16.4 Å². The molecule has 1 aromatic rings. The lowest BCUT2D eigenvalue weighted by Crippen LogP contribution is -2.36. The van der Waals surface area contributed by atoms with Crippen LogP contribution >= 0.6 is 0 Å². The summed E-state index contributed by atoms with van der Waals surface area (Å²) in [6, 6.07) is 0.406. The molecule has 2 bridgehead atoms. The third-order valence-corrected chi connectivity index (χ3v) is 5.49. The summed E-state index contributed by atoms with van der Waals surface area (Å²) in [5, 5.41) is 7.91. The fourth-order valence-corrected chi connectivity index (χ4v) is 4.21. The molecule has 0 radical (unpaired) electrons. The molecular formula is C16H21N5O6S. The molecular weight excluding hydrogens is 390 g/mol. The number of hydrogen-bond acceptors (Lipinski definition) is 6. The van der Waals surface area contributed by atoms with E-state index in [2.05, 4.69) is 14.7 Å². The molecule has 12 heteroatoms. The van der Waals surface area contributed by atoms with Crippen LogP contribution in [-0.4, -0.2) is 69.8 Å². The van der Waals surface area contributed by atoms with Gasteiger partial charge in [-0.2, -0.15) is 18.6 Å². The van der Waals surface area contributed by atoms with Crippen LogP contribution < -0.4 is 5.32 Å². The molecule has 1 unspecified atom stereocenters. The van der Waals surface area contributed by atoms with E-state index in [-0.39, 0.29) is 30.7 Å². The molecule has 1 saturated heterocycles. The second kappa shape index (κ2) is 7.18. The fourth-order valence-electron chi connectivity index (χ4n) is 3.83. The number of aromatic nitrogens is 2. The van der Waals surface area contributed by atoms with Crippen LogP contribution in [0.1, 0.15) is 42.6 Å². The van der Waals surface area contributed by atoms with Crippen molar-refractivity contribution in [2.75, 3.05) is 13.1 Å². The minimum absolute atomic E-state index is 0.172. The predicted octanol–water partition coefficient (Wildman–Crippen LogP) is 0.641. The summed E-state index contributed by atoms with van der Waals surface area (Å²) in [4.78, 5) is 26.0. The summed E-state index contributed by atoms with van der Waals surface area (Å²) in [5.41, 5.74) is 0.875. The Labute approximate surface area is 161 Å². The second-order valence-electron chi connectivity index (χ2n) is 7.17. The van der Waals surface area contributed by atoms with Crippen molar-refractivity contribution in [3.63, 3.8) is 0 Å². The first-order valence-electron chi connectivity index (χ1n) is 9.13. The number of hydrogen-bond donors (Lipinski definition) is 2. The van der Waals surface area contributed by atoms with Gasteiger partial charge in [0, 0.05) is 18.8 Å². The minimum atomic E-state index is -4.81. The van der Waals surface area contributed by atoms with E-state index >= 15 is 0 Å². The number of urea groups is 1. The number of amides is 3. The SMILES string of the molecule is O=C(NC1CCCCC1)c1ccn(C2=CC3CN(C2)C(=O)N3OS(=O)(=O)O)n1. The summed E-state index contributed by atoms with van der Waals surface area (Å²) in [6.45, 7) is 0.403. The average Bonchev–Trinajstić information content (AvgIpc) is 3.22. The van der Waals surface area contributed by atoms with Gasteiger partial charge < -0.3 is 10.2 Å². The van der Waals surface area contributed by atoms with E-state index in [0.29, 0.717) is 10.8 Å². The summed E-state index contributed by atoms with van der Waals surface area (Å²) in [5.74, 6) is -0.238. The number of rotatable bonds is 5. The van der Waals surface area contributed by atoms with Crippen molar-refractivity contribution in [3.8, 4) is 0 Å². The molecule has 2 aliphatic heterocycles. The van der Waals surface area contributed by atoms with Crippen LogP contribution in [0.2, 0.25) is 0 Å². The third-order valence-electron chi connectivity index (χ3n) is 5.14. The highest BCUT2D eigenvalue weighted by atomic mass is 32.3. The normalized spacial score (nSPS) is 23.1. The van der Waals surface area contributed by atoms with Crippen LogP contribution in [0.3, 0.4) is 0 Å². The summed E-state index contributed by atoms with van der Waals surface area (Å²) < 4.78 is 36.6. The van der Waals surface area contributed by atoms with Gasteiger partial charge in [-0.05, 0) is 25.0 Å². The zero-order chi connectivity index (χ0) is 19.9. The van der Waals surface area contributed by atoms with Gasteiger partial charge in [0.15, 0.2) is 5.69 Å². The maximum atomic E-state index is 12.4. The van der Waals surface area contributed by atoms with Crippen LogP contribution in [0.4, 0.5) is 4.79 Å². The smallest absolute Gasteiger partial charge is 0.348 e. The molecule has 2 fully saturated rings. The van der Waals surface area contributed by atoms with E-state index in [0.717, 1.165) is 25.7 Å². The van der Waals surface area contributed by atoms with Gasteiger partial charge in [0.25, 0.3) is 5.91 Å². The lowest BCUT2D eigenvalue weighted by atomic mass is 9.95. The number of nitrogens with zero attached hydrogens (tertiary/aromatic N) is 4. The molecule has 3 amide bonds. The lowest BCUT2D eigenvalue weighted by Gasteiger charge is -2.22. The molecule has 1 saturated carbocycles. The van der Waals surface area contributed by atoms with Gasteiger partial charge in [0.1, 0.15) is 6.04 Å². The maximum absolute atomic E-state index is 12.4. The van der Waals surface area contributed by atoms with Crippen molar-refractivity contribution in [3.05, 3.63) is 24.0 Å². The fraction of sp³-hybridized carbons (Fsp3) is 0.562. The van der Waals surface area contributed by atoms with Gasteiger partial charge in [0.2, 0.25) is 0 Å². The van der Waals surface area contributed by atoms with E-state index < -0.39 is 22.5 Å². The second-order valence-corrected chi connectivity index (χ2v) is 8.17. The van der Waals surface area contributed by atoms with E-state index in [1.807, 2.05) is 0 Å². The van der Waals surface area contributed by atoms with Gasteiger partial charge in [-0.1, -0.05) is 19.3 Å². The molecule has 152 valence electrons. The Morgan fingerprint density at radius 2 is 2.04 bits per heavy atom. The van der Waals surface area contributed by atoms with Crippen molar-refractivity contribution in [2.24, 2.45) is 0 Å². The molecule has 0 aromatic carbocycles. The van der Waals surface area contributed by atoms with Gasteiger partial charge in [0.05, 0.1) is 12.2 Å². The van der Waals surface area contributed by atoms with Gasteiger partial charge in [-0.25, -0.2) is 9.48 Å². The summed E-state index contributed by atoms with van der Waals surface area (Å²) in [6.07, 6.45) is 8.61. The van der Waals surface area contributed by atoms with Crippen molar-refractivity contribution in [2.45, 2.75) is 44.2 Å². The van der Waals surface area contributed by atoms with E-state index in [4.69, 9.17) is 4.55 Å². The van der Waals surface area contributed by atoms with Gasteiger partial charge in [-0.15, -0.1) is 4.28 Å². The first-order chi connectivity index (χ1) is 13.3. The zero-order valence-corrected chi connectivity index (χ0v) is 15.8. The van der Waals surface area contributed by atoms with Crippen molar-refractivity contribution >= 4 is 28.0 Å². The van der Waals surface area contributed by atoms with Crippen LogP contribution in [0.15, 0.2) is 18.3 Å². The summed E-state index contributed by atoms with van der Waals surface area (Å²) in [7, 11) is -4.81. The molecule has 1 aromatic heterocycles. The standard InChI is InChI=1S/C16H21N5O6S/c22-15(17-11-4-2-1-3-5-11)14-6-7-20(18-14)12-8-13-10-19(9-12)16(23)21(13)27-28(24,25)26/h6-8,11,13H,1-5,9-10H2,(H,17,22)(H,24,25,26). The number of nitrogens with one attached hydrogen (secondary N) is 1. The Bertz CT molecular complexity index is 920. The average molecular weight is 411 g/mol. The minimum Gasteiger partial charge on any atom is -0.348 e. The largest absolute Gasteiger partial charge is 0.418 e. The highest BCUT2D eigenvalue weighted by molar-refractivity contribution is 7.80. The Kier molecular flexibility index (Phi) is 4.85. The van der Waals surface area contributed by atoms with Gasteiger partial charge in [-0.3, -0.25) is 9.35 Å². The molecule has 3 heterocycles. The van der Waals surface area contributed by atoms with E-state index in [1.54, 1.807) is 18.3 Å². The summed E-state index contributed by atoms with van der Waals surface area (Å²) >= 11 is 0. The molecule has 3 aliphatic rings. The number of carbonyl (C=O) groups is 2. The Morgan fingerprint density at radius 1 is 1.29 bits per heavy atom. The lowest BCUT2D eigenvalue weighted by molar-refractivity contribution is -0.0183. The van der Waals surface area contributed by atoms with Crippen molar-refractivity contribution in [1.29, 1.82) is 0 Å². The Balaban J connectivity index is 1.47. The zero-order valence-electron chi connectivity index (χ0n) is 15.0. The molecule has 4 rings (SSSR count). The highest BCUT2D eigenvalue weighted by Gasteiger charge is 2.43. The van der Waals surface area contributed by atoms with Crippen molar-refractivity contribution < 1.29 is 26.8 Å². The molecule has 0 spiro atoms. The molecule has 28 heavy (non-hydrogen) atoms. The number of hydroxylamine groups is 2. The molecule has 11 nitrogen and oxygen atoms in total. The van der Waals surface area contributed by atoms with E-state index in [1.165, 1.54) is 16.0 Å². The number of carbonyl (C=O) groups excluding carboxylic acids is 2. The highest BCUT2D eigenvalue weighted by Crippen LogP contribution is 2.27. The first kappa shape index (κ1) is 18.9. The van der Waals surface area contributed by atoms with Crippen LogP contribution in [0.5, 0.6) is 0 Å². The molecule has 1 aliphatic carbocycles. The molecule has 1 atom stereocenters. The number of fused-ring (bicyclic) bond motifs is 2. The van der Waals surface area contributed by atoms with Crippen LogP contribution in [-0.2, 0) is 14.7 Å². The molecule has 2 N–H and O–H groups in total. The maximum Gasteiger partial charge on any atom is 0.418 e. The monoisotopic (exact) mass is 411 g/mol. The quantitative estimate of drug-likeness (QED) is 0.679. The predicted molar refractivity (Wildman–Crippen MR) is 96.1 cm³/mol. The van der Waals surface area contributed by atoms with E-state index in [9.17, 15) is 18.0 Å². The Morgan fingerprint density at radius 3 is 2.75 bits per heavy atom.